The number of unbranched alkanes of at least 4 members (excludes halogenated alkanes) is 2. The predicted molar refractivity (Wildman–Crippen MR) is 133 cm³/mol. The van der Waals surface area contributed by atoms with Crippen LogP contribution in [0.4, 0.5) is 4.39 Å². The zero-order chi connectivity index (χ0) is 24.6. The molecule has 0 saturated carbocycles. The average Bonchev–Trinajstić information content (AvgIpc) is 3.58. The summed E-state index contributed by atoms with van der Waals surface area (Å²) in [5.74, 6) is 0.553. The molecule has 1 saturated heterocycles. The molecule has 0 aliphatic carbocycles. The van der Waals surface area contributed by atoms with Crippen molar-refractivity contribution in [2.75, 3.05) is 26.3 Å². The van der Waals surface area contributed by atoms with Gasteiger partial charge in [-0.3, -0.25) is 4.39 Å². The van der Waals surface area contributed by atoms with Gasteiger partial charge in [0.15, 0.2) is 5.65 Å². The molecule has 1 aliphatic heterocycles. The number of nitrogens with zero attached hydrogens (tertiary/aromatic N) is 5. The Bertz CT molecular complexity index is 1430. The maximum absolute atomic E-state index is 13.3. The van der Waals surface area contributed by atoms with Crippen LogP contribution in [0.2, 0.25) is 0 Å². The first kappa shape index (κ1) is 23.9. The van der Waals surface area contributed by atoms with Gasteiger partial charge in [-0.2, -0.15) is 0 Å². The Morgan fingerprint density at radius 2 is 1.97 bits per heavy atom. The van der Waals surface area contributed by atoms with Crippen LogP contribution < -0.4 is 0 Å². The zero-order valence-corrected chi connectivity index (χ0v) is 20.5. The van der Waals surface area contributed by atoms with E-state index in [0.717, 1.165) is 44.4 Å². The van der Waals surface area contributed by atoms with Crippen LogP contribution in [0.15, 0.2) is 53.7 Å². The second-order valence-corrected chi connectivity index (χ2v) is 11.0. The Balaban J connectivity index is 1.57. The summed E-state index contributed by atoms with van der Waals surface area (Å²) >= 11 is 0. The highest BCUT2D eigenvalue weighted by Crippen LogP contribution is 2.35. The first-order chi connectivity index (χ1) is 16.9. The molecule has 1 aromatic carbocycles. The molecule has 1 fully saturated rings. The van der Waals surface area contributed by atoms with Crippen LogP contribution >= 0.6 is 0 Å². The fourth-order valence-electron chi connectivity index (χ4n) is 5.06. The number of rotatable bonds is 9. The zero-order valence-electron chi connectivity index (χ0n) is 19.7. The number of alkyl halides is 1. The van der Waals surface area contributed by atoms with Crippen molar-refractivity contribution in [1.29, 1.82) is 0 Å². The van der Waals surface area contributed by atoms with Gasteiger partial charge in [-0.15, -0.1) is 0 Å². The summed E-state index contributed by atoms with van der Waals surface area (Å²) in [4.78, 5) is 11.7. The number of benzene rings is 1. The quantitative estimate of drug-likeness (QED) is 0.349. The summed E-state index contributed by atoms with van der Waals surface area (Å²) < 4.78 is 42.3. The van der Waals surface area contributed by atoms with E-state index in [1.165, 1.54) is 10.2 Å². The van der Waals surface area contributed by atoms with Gasteiger partial charge in [0.25, 0.3) is 10.0 Å². The summed E-state index contributed by atoms with van der Waals surface area (Å²) in [5.41, 5.74) is 1.75. The van der Waals surface area contributed by atoms with E-state index in [-0.39, 0.29) is 17.6 Å². The number of likely N-dealkylation sites (tertiary alicyclic amines) is 1. The monoisotopic (exact) mass is 499 g/mol. The summed E-state index contributed by atoms with van der Waals surface area (Å²) in [6.45, 7) is 4.04. The average molecular weight is 500 g/mol. The molecule has 0 radical (unpaired) electrons. The Morgan fingerprint density at radius 3 is 2.71 bits per heavy atom. The number of imidazole rings is 1. The molecule has 0 amide bonds. The van der Waals surface area contributed by atoms with E-state index in [1.807, 2.05) is 0 Å². The molecule has 0 unspecified atom stereocenters. The molecular formula is C25H30FN5O3S. The van der Waals surface area contributed by atoms with Crippen LogP contribution in [-0.2, 0) is 10.0 Å². The summed E-state index contributed by atoms with van der Waals surface area (Å²) in [6, 6.07) is 10.1. The molecule has 1 aliphatic rings. The lowest BCUT2D eigenvalue weighted by Crippen LogP contribution is -2.23. The number of aromatic nitrogens is 4. The van der Waals surface area contributed by atoms with Crippen molar-refractivity contribution < 1.29 is 17.9 Å². The van der Waals surface area contributed by atoms with Crippen molar-refractivity contribution >= 4 is 32.1 Å². The smallest absolute Gasteiger partial charge is 0.269 e. The number of hydrogen-bond donors (Lipinski definition) is 1. The van der Waals surface area contributed by atoms with Gasteiger partial charge in [-0.05, 0) is 57.4 Å². The molecule has 2 atom stereocenters. The molecule has 1 N–H and O–H groups in total. The van der Waals surface area contributed by atoms with Gasteiger partial charge in [0.1, 0.15) is 17.4 Å². The third-order valence-corrected chi connectivity index (χ3v) is 8.43. The number of hydrogen-bond acceptors (Lipinski definition) is 6. The van der Waals surface area contributed by atoms with Crippen molar-refractivity contribution in [2.24, 2.45) is 0 Å². The minimum Gasteiger partial charge on any atom is -0.385 e. The lowest BCUT2D eigenvalue weighted by Gasteiger charge is -2.20. The van der Waals surface area contributed by atoms with Crippen molar-refractivity contribution in [1.82, 2.24) is 23.4 Å². The summed E-state index contributed by atoms with van der Waals surface area (Å²) in [7, 11) is -3.82. The molecule has 4 aromatic rings. The number of halogens is 1. The van der Waals surface area contributed by atoms with Crippen molar-refractivity contribution in [2.45, 2.75) is 49.6 Å². The predicted octanol–water partition coefficient (Wildman–Crippen LogP) is 4.06. The number of pyridine rings is 1. The van der Waals surface area contributed by atoms with Gasteiger partial charge in [-0.1, -0.05) is 18.2 Å². The van der Waals surface area contributed by atoms with E-state index in [2.05, 4.69) is 19.4 Å². The Hall–Kier alpha value is -2.82. The lowest BCUT2D eigenvalue weighted by molar-refractivity contribution is 0.181. The molecule has 0 bridgehead atoms. The van der Waals surface area contributed by atoms with Gasteiger partial charge in [0, 0.05) is 30.7 Å². The summed E-state index contributed by atoms with van der Waals surface area (Å²) in [5, 5.41) is 11.2. The fourth-order valence-corrected chi connectivity index (χ4v) is 6.39. The maximum atomic E-state index is 13.3. The topological polar surface area (TPSA) is 93.3 Å². The lowest BCUT2D eigenvalue weighted by atomic mass is 10.2. The largest absolute Gasteiger partial charge is 0.385 e. The van der Waals surface area contributed by atoms with E-state index in [0.29, 0.717) is 28.8 Å². The van der Waals surface area contributed by atoms with E-state index < -0.39 is 16.1 Å². The van der Waals surface area contributed by atoms with Crippen LogP contribution in [0.25, 0.3) is 22.1 Å². The normalized spacial score (nSPS) is 18.1. The minimum absolute atomic E-state index is 0.0884. The summed E-state index contributed by atoms with van der Waals surface area (Å²) in [6.07, 6.45) is 5.65. The standard InChI is InChI=1S/C25H30FN5O3S/c1-18(32)24-28-22-16-27-25-21(11-15-30(25)35(33,34)20-8-4-2-5-9-20)23(22)31(24)19-10-14-29(17-19)13-7-3-6-12-26/h2,4-5,8-9,11,15-16,18-19,32H,3,6-7,10,12-14,17H2,1H3/t18-,19+/m1/s1. The van der Waals surface area contributed by atoms with Gasteiger partial charge >= 0.3 is 0 Å². The molecule has 186 valence electrons. The molecular weight excluding hydrogens is 469 g/mol. The van der Waals surface area contributed by atoms with Crippen LogP contribution in [-0.4, -0.2) is 63.2 Å². The van der Waals surface area contributed by atoms with Gasteiger partial charge in [0.2, 0.25) is 0 Å². The molecule has 8 nitrogen and oxygen atoms in total. The van der Waals surface area contributed by atoms with Crippen LogP contribution in [0.1, 0.15) is 50.6 Å². The van der Waals surface area contributed by atoms with E-state index in [1.54, 1.807) is 49.5 Å². The minimum atomic E-state index is -3.82. The van der Waals surface area contributed by atoms with Crippen molar-refractivity contribution in [3.63, 3.8) is 0 Å². The maximum Gasteiger partial charge on any atom is 0.269 e. The highest BCUT2D eigenvalue weighted by atomic mass is 32.2. The van der Waals surface area contributed by atoms with Crippen LogP contribution in [0.5, 0.6) is 0 Å². The molecule has 5 rings (SSSR count). The van der Waals surface area contributed by atoms with Crippen LogP contribution in [0.3, 0.4) is 0 Å². The van der Waals surface area contributed by atoms with Crippen molar-refractivity contribution in [3.05, 3.63) is 54.6 Å². The van der Waals surface area contributed by atoms with Crippen molar-refractivity contribution in [3.8, 4) is 0 Å². The Morgan fingerprint density at radius 1 is 1.17 bits per heavy atom. The van der Waals surface area contributed by atoms with Gasteiger partial charge in [-0.25, -0.2) is 22.4 Å². The molecule has 35 heavy (non-hydrogen) atoms. The molecule has 10 heteroatoms. The van der Waals surface area contributed by atoms with Gasteiger partial charge in [0.05, 0.1) is 23.3 Å². The number of fused-ring (bicyclic) bond motifs is 3. The highest BCUT2D eigenvalue weighted by Gasteiger charge is 2.30. The van der Waals surface area contributed by atoms with E-state index >= 15 is 0 Å². The fraction of sp³-hybridized carbons (Fsp3) is 0.440. The first-order valence-corrected chi connectivity index (χ1v) is 13.5. The van der Waals surface area contributed by atoms with Crippen LogP contribution in [0, 0.1) is 0 Å². The van der Waals surface area contributed by atoms with E-state index in [4.69, 9.17) is 0 Å². The molecule has 3 aromatic heterocycles. The second-order valence-electron chi connectivity index (χ2n) is 9.17. The first-order valence-electron chi connectivity index (χ1n) is 12.1. The SMILES string of the molecule is C[C@@H](O)c1nc2cnc3c(ccn3S(=O)(=O)c3ccccc3)c2n1[C@H]1CCN(CCCCCF)C1. The third-order valence-electron chi connectivity index (χ3n) is 6.75. The third kappa shape index (κ3) is 4.34. The molecule has 0 spiro atoms. The number of aliphatic hydroxyl groups excluding tert-OH is 1. The highest BCUT2D eigenvalue weighted by molar-refractivity contribution is 7.90. The number of aliphatic hydroxyl groups is 1. The molecule has 4 heterocycles. The Labute approximate surface area is 204 Å². The second kappa shape index (κ2) is 9.67. The van der Waals surface area contributed by atoms with Gasteiger partial charge < -0.3 is 14.6 Å². The Kier molecular flexibility index (Phi) is 6.61. The van der Waals surface area contributed by atoms with E-state index in [9.17, 15) is 17.9 Å².